The highest BCUT2D eigenvalue weighted by atomic mass is 19.1. The van der Waals surface area contributed by atoms with Gasteiger partial charge in [0.25, 0.3) is 0 Å². The normalized spacial score (nSPS) is 11.0. The zero-order valence-electron chi connectivity index (χ0n) is 14.4. The zero-order valence-corrected chi connectivity index (χ0v) is 14.4. The molecule has 0 spiro atoms. The molecule has 0 amide bonds. The van der Waals surface area contributed by atoms with Crippen LogP contribution >= 0.6 is 0 Å². The predicted molar refractivity (Wildman–Crippen MR) is 100 cm³/mol. The number of aryl methyl sites for hydroxylation is 2. The highest BCUT2D eigenvalue weighted by molar-refractivity contribution is 5.82. The molecule has 0 radical (unpaired) electrons. The van der Waals surface area contributed by atoms with E-state index in [1.807, 2.05) is 36.5 Å². The zero-order chi connectivity index (χ0) is 17.6. The van der Waals surface area contributed by atoms with E-state index in [1.54, 1.807) is 6.07 Å². The third-order valence-electron chi connectivity index (χ3n) is 3.89. The van der Waals surface area contributed by atoms with Crippen LogP contribution in [0.1, 0.15) is 22.3 Å². The lowest BCUT2D eigenvalue weighted by Gasteiger charge is -2.06. The molecule has 3 aromatic carbocycles. The first kappa shape index (κ1) is 16.9. The second kappa shape index (κ2) is 7.75. The molecule has 0 bridgehead atoms. The maximum Gasteiger partial charge on any atom is 0.123 e. The third-order valence-corrected chi connectivity index (χ3v) is 3.89. The van der Waals surface area contributed by atoms with Gasteiger partial charge in [-0.15, -0.1) is 0 Å². The van der Waals surface area contributed by atoms with Crippen molar-refractivity contribution in [2.75, 3.05) is 0 Å². The molecular formula is C22H20FNO. The van der Waals surface area contributed by atoms with Crippen LogP contribution in [-0.2, 0) is 6.61 Å². The fraction of sp³-hybridized carbons (Fsp3) is 0.136. The van der Waals surface area contributed by atoms with Gasteiger partial charge in [-0.05, 0) is 78.6 Å². The number of rotatable bonds is 5. The second-order valence-electron chi connectivity index (χ2n) is 6.04. The van der Waals surface area contributed by atoms with Crippen molar-refractivity contribution in [3.8, 4) is 5.75 Å². The summed E-state index contributed by atoms with van der Waals surface area (Å²) in [7, 11) is 0. The van der Waals surface area contributed by atoms with E-state index >= 15 is 0 Å². The molecule has 0 aliphatic heterocycles. The molecule has 3 rings (SSSR count). The topological polar surface area (TPSA) is 21.6 Å². The summed E-state index contributed by atoms with van der Waals surface area (Å²) in [5.41, 5.74) is 5.13. The molecule has 0 atom stereocenters. The molecule has 0 aromatic heterocycles. The van der Waals surface area contributed by atoms with E-state index in [0.29, 0.717) is 6.61 Å². The summed E-state index contributed by atoms with van der Waals surface area (Å²) < 4.78 is 18.8. The third kappa shape index (κ3) is 4.77. The van der Waals surface area contributed by atoms with Crippen LogP contribution in [0.3, 0.4) is 0 Å². The standard InChI is InChI=1S/C22H20FNO/c1-16-6-7-17(2)22(12-16)24-14-18-8-10-21(11-9-18)25-15-19-4-3-5-20(23)13-19/h3-14H,15H2,1-2H3. The first-order chi connectivity index (χ1) is 12.1. The second-order valence-corrected chi connectivity index (χ2v) is 6.04. The summed E-state index contributed by atoms with van der Waals surface area (Å²) in [4.78, 5) is 4.56. The van der Waals surface area contributed by atoms with Crippen molar-refractivity contribution < 1.29 is 9.13 Å². The van der Waals surface area contributed by atoms with Gasteiger partial charge in [-0.1, -0.05) is 24.3 Å². The highest BCUT2D eigenvalue weighted by Gasteiger charge is 1.99. The number of hydrogen-bond acceptors (Lipinski definition) is 2. The largest absolute Gasteiger partial charge is 0.489 e. The van der Waals surface area contributed by atoms with Crippen LogP contribution in [0, 0.1) is 19.7 Å². The van der Waals surface area contributed by atoms with E-state index in [1.165, 1.54) is 17.7 Å². The Bertz CT molecular complexity index is 885. The van der Waals surface area contributed by atoms with Gasteiger partial charge in [-0.25, -0.2) is 4.39 Å². The highest BCUT2D eigenvalue weighted by Crippen LogP contribution is 2.20. The molecule has 0 saturated carbocycles. The molecular weight excluding hydrogens is 313 g/mol. The van der Waals surface area contributed by atoms with Crippen LogP contribution in [0.15, 0.2) is 71.7 Å². The molecule has 0 aliphatic carbocycles. The number of hydrogen-bond donors (Lipinski definition) is 0. The number of nitrogens with zero attached hydrogens (tertiary/aromatic N) is 1. The Morgan fingerprint density at radius 1 is 0.960 bits per heavy atom. The van der Waals surface area contributed by atoms with E-state index in [9.17, 15) is 4.39 Å². The van der Waals surface area contributed by atoms with E-state index in [0.717, 1.165) is 28.1 Å². The molecule has 3 heteroatoms. The van der Waals surface area contributed by atoms with Gasteiger partial charge < -0.3 is 4.74 Å². The molecule has 126 valence electrons. The Morgan fingerprint density at radius 2 is 1.76 bits per heavy atom. The average molecular weight is 333 g/mol. The van der Waals surface area contributed by atoms with Crippen LogP contribution in [0.5, 0.6) is 5.75 Å². The average Bonchev–Trinajstić information content (AvgIpc) is 2.62. The van der Waals surface area contributed by atoms with Gasteiger partial charge in [0.2, 0.25) is 0 Å². The van der Waals surface area contributed by atoms with Crippen molar-refractivity contribution in [2.45, 2.75) is 20.5 Å². The van der Waals surface area contributed by atoms with Gasteiger partial charge in [0.1, 0.15) is 18.2 Å². The van der Waals surface area contributed by atoms with Gasteiger partial charge >= 0.3 is 0 Å². The summed E-state index contributed by atoms with van der Waals surface area (Å²) in [6, 6.07) is 20.3. The van der Waals surface area contributed by atoms with Crippen molar-refractivity contribution in [1.29, 1.82) is 0 Å². The van der Waals surface area contributed by atoms with Gasteiger partial charge in [-0.3, -0.25) is 4.99 Å². The van der Waals surface area contributed by atoms with Crippen LogP contribution in [0.2, 0.25) is 0 Å². The van der Waals surface area contributed by atoms with Crippen molar-refractivity contribution in [2.24, 2.45) is 4.99 Å². The first-order valence-corrected chi connectivity index (χ1v) is 8.19. The van der Waals surface area contributed by atoms with Crippen LogP contribution in [-0.4, -0.2) is 6.21 Å². The Morgan fingerprint density at radius 3 is 2.52 bits per heavy atom. The molecule has 0 heterocycles. The summed E-state index contributed by atoms with van der Waals surface area (Å²) >= 11 is 0. The first-order valence-electron chi connectivity index (χ1n) is 8.19. The van der Waals surface area contributed by atoms with Crippen molar-refractivity contribution >= 4 is 11.9 Å². The summed E-state index contributed by atoms with van der Waals surface area (Å²) in [5, 5.41) is 0. The molecule has 3 aromatic rings. The molecule has 0 saturated heterocycles. The molecule has 2 nitrogen and oxygen atoms in total. The Hall–Kier alpha value is -2.94. The minimum atomic E-state index is -0.251. The lowest BCUT2D eigenvalue weighted by Crippen LogP contribution is -1.96. The quantitative estimate of drug-likeness (QED) is 0.543. The van der Waals surface area contributed by atoms with E-state index in [4.69, 9.17) is 4.74 Å². The number of ether oxygens (including phenoxy) is 1. The van der Waals surface area contributed by atoms with Crippen molar-refractivity contribution in [1.82, 2.24) is 0 Å². The van der Waals surface area contributed by atoms with E-state index < -0.39 is 0 Å². The SMILES string of the molecule is Cc1ccc(C)c(N=Cc2ccc(OCc3cccc(F)c3)cc2)c1. The van der Waals surface area contributed by atoms with Crippen LogP contribution < -0.4 is 4.74 Å². The Kier molecular flexibility index (Phi) is 5.24. The molecule has 25 heavy (non-hydrogen) atoms. The van der Waals surface area contributed by atoms with Gasteiger partial charge in [0, 0.05) is 6.21 Å². The van der Waals surface area contributed by atoms with E-state index in [-0.39, 0.29) is 5.82 Å². The fourth-order valence-corrected chi connectivity index (χ4v) is 2.45. The van der Waals surface area contributed by atoms with E-state index in [2.05, 4.69) is 37.0 Å². The lowest BCUT2D eigenvalue weighted by molar-refractivity contribution is 0.305. The molecule has 0 unspecified atom stereocenters. The fourth-order valence-electron chi connectivity index (χ4n) is 2.45. The molecule has 0 aliphatic rings. The van der Waals surface area contributed by atoms with Gasteiger partial charge in [0.15, 0.2) is 0 Å². The Labute approximate surface area is 147 Å². The summed E-state index contributed by atoms with van der Waals surface area (Å²) in [5.74, 6) is 0.493. The van der Waals surface area contributed by atoms with Crippen LogP contribution in [0.25, 0.3) is 0 Å². The smallest absolute Gasteiger partial charge is 0.123 e. The number of halogens is 1. The van der Waals surface area contributed by atoms with Gasteiger partial charge in [-0.2, -0.15) is 0 Å². The maximum atomic E-state index is 13.2. The van der Waals surface area contributed by atoms with Crippen molar-refractivity contribution in [3.63, 3.8) is 0 Å². The monoisotopic (exact) mass is 333 g/mol. The predicted octanol–water partition coefficient (Wildman–Crippen LogP) is 5.77. The summed E-state index contributed by atoms with van der Waals surface area (Å²) in [6.07, 6.45) is 1.85. The van der Waals surface area contributed by atoms with Gasteiger partial charge in [0.05, 0.1) is 5.69 Å². The molecule has 0 fully saturated rings. The van der Waals surface area contributed by atoms with Crippen molar-refractivity contribution in [3.05, 3.63) is 94.8 Å². The summed E-state index contributed by atoms with van der Waals surface area (Å²) in [6.45, 7) is 4.45. The minimum Gasteiger partial charge on any atom is -0.489 e. The number of benzene rings is 3. The maximum absolute atomic E-state index is 13.2. The number of aliphatic imine (C=N–C) groups is 1. The minimum absolute atomic E-state index is 0.251. The lowest BCUT2D eigenvalue weighted by atomic mass is 10.1. The molecule has 0 N–H and O–H groups in total. The van der Waals surface area contributed by atoms with Crippen LogP contribution in [0.4, 0.5) is 10.1 Å². The Balaban J connectivity index is 1.64.